The van der Waals surface area contributed by atoms with Crippen molar-refractivity contribution in [2.24, 2.45) is 0 Å². The van der Waals surface area contributed by atoms with Gasteiger partial charge < -0.3 is 10.2 Å². The average Bonchev–Trinajstić information content (AvgIpc) is 2.84. The molecule has 1 aliphatic rings. The zero-order valence-electron chi connectivity index (χ0n) is 12.5. The maximum absolute atomic E-state index is 3.70. The summed E-state index contributed by atoms with van der Waals surface area (Å²) < 4.78 is 0. The van der Waals surface area contributed by atoms with Crippen LogP contribution in [0.4, 0.5) is 0 Å². The second-order valence-electron chi connectivity index (χ2n) is 5.93. The Kier molecular flexibility index (Phi) is 5.37. The topological polar surface area (TPSA) is 18.5 Å². The van der Waals surface area contributed by atoms with Crippen LogP contribution < -0.4 is 5.32 Å². The molecule has 0 radical (unpaired) electrons. The van der Waals surface area contributed by atoms with Crippen LogP contribution in [0.15, 0.2) is 30.3 Å². The molecule has 2 atom stereocenters. The molecule has 2 rings (SSSR count). The van der Waals surface area contributed by atoms with Gasteiger partial charge >= 0.3 is 0 Å². The first-order chi connectivity index (χ1) is 9.15. The number of hydrogen-bond acceptors (Lipinski definition) is 3. The molecule has 0 aromatic heterocycles. The fourth-order valence-electron chi connectivity index (χ4n) is 2.50. The molecule has 0 bridgehead atoms. The number of nitrogens with one attached hydrogen (secondary N) is 1. The van der Waals surface area contributed by atoms with E-state index in [1.807, 2.05) is 0 Å². The predicted octanol–water partition coefficient (Wildman–Crippen LogP) is 1.80. The zero-order chi connectivity index (χ0) is 13.7. The summed E-state index contributed by atoms with van der Waals surface area (Å²) in [4.78, 5) is 4.82. The van der Waals surface area contributed by atoms with E-state index in [2.05, 4.69) is 66.5 Å². The number of benzene rings is 1. The standard InChI is InChI=1S/C16H27N3/c1-14(18(2)3)11-17-16-9-10-19(13-16)12-15-7-5-4-6-8-15/h4-8,14,16-17H,9-13H2,1-3H3. The third-order valence-corrected chi connectivity index (χ3v) is 4.10. The first kappa shape index (κ1) is 14.5. The summed E-state index contributed by atoms with van der Waals surface area (Å²) in [6.07, 6.45) is 1.27. The maximum Gasteiger partial charge on any atom is 0.0234 e. The van der Waals surface area contributed by atoms with Gasteiger partial charge in [0.1, 0.15) is 0 Å². The van der Waals surface area contributed by atoms with Crippen LogP contribution in [0.1, 0.15) is 18.9 Å². The molecule has 2 unspecified atom stereocenters. The van der Waals surface area contributed by atoms with Gasteiger partial charge in [-0.2, -0.15) is 0 Å². The van der Waals surface area contributed by atoms with Gasteiger partial charge in [0.2, 0.25) is 0 Å². The summed E-state index contributed by atoms with van der Waals surface area (Å²) in [5.74, 6) is 0. The Bertz CT molecular complexity index is 364. The molecule has 1 aliphatic heterocycles. The summed E-state index contributed by atoms with van der Waals surface area (Å²) >= 11 is 0. The molecule has 3 nitrogen and oxygen atoms in total. The summed E-state index contributed by atoms with van der Waals surface area (Å²) in [6, 6.07) is 12.0. The Morgan fingerprint density at radius 3 is 2.74 bits per heavy atom. The highest BCUT2D eigenvalue weighted by molar-refractivity contribution is 5.14. The van der Waals surface area contributed by atoms with Crippen LogP contribution in [0.3, 0.4) is 0 Å². The SMILES string of the molecule is CC(CNC1CCN(Cc2ccccc2)C1)N(C)C. The third kappa shape index (κ3) is 4.60. The van der Waals surface area contributed by atoms with Gasteiger partial charge in [-0.15, -0.1) is 0 Å². The highest BCUT2D eigenvalue weighted by Crippen LogP contribution is 2.13. The minimum atomic E-state index is 0.600. The van der Waals surface area contributed by atoms with E-state index in [-0.39, 0.29) is 0 Å². The Morgan fingerprint density at radius 2 is 2.05 bits per heavy atom. The second-order valence-corrected chi connectivity index (χ2v) is 5.93. The molecule has 1 saturated heterocycles. The molecule has 1 heterocycles. The normalized spacial score (nSPS) is 22.0. The van der Waals surface area contributed by atoms with Gasteiger partial charge in [0.05, 0.1) is 0 Å². The van der Waals surface area contributed by atoms with Gasteiger partial charge in [0.25, 0.3) is 0 Å². The molecule has 1 aromatic carbocycles. The number of nitrogens with zero attached hydrogens (tertiary/aromatic N) is 2. The molecular weight excluding hydrogens is 234 g/mol. The number of likely N-dealkylation sites (N-methyl/N-ethyl adjacent to an activating group) is 1. The van der Waals surface area contributed by atoms with Gasteiger partial charge in [0.15, 0.2) is 0 Å². The fourth-order valence-corrected chi connectivity index (χ4v) is 2.50. The monoisotopic (exact) mass is 261 g/mol. The van der Waals surface area contributed by atoms with E-state index < -0.39 is 0 Å². The Morgan fingerprint density at radius 1 is 1.32 bits per heavy atom. The van der Waals surface area contributed by atoms with Crippen LogP contribution in [0.25, 0.3) is 0 Å². The lowest BCUT2D eigenvalue weighted by Crippen LogP contribution is -2.41. The van der Waals surface area contributed by atoms with Crippen molar-refractivity contribution < 1.29 is 0 Å². The first-order valence-electron chi connectivity index (χ1n) is 7.31. The Labute approximate surface area is 117 Å². The van der Waals surface area contributed by atoms with Crippen LogP contribution in [-0.2, 0) is 6.54 Å². The quantitative estimate of drug-likeness (QED) is 0.842. The smallest absolute Gasteiger partial charge is 0.0234 e. The van der Waals surface area contributed by atoms with Crippen molar-refractivity contribution in [2.45, 2.75) is 32.0 Å². The molecule has 0 saturated carbocycles. The van der Waals surface area contributed by atoms with Gasteiger partial charge in [-0.3, -0.25) is 4.90 Å². The molecular formula is C16H27N3. The molecule has 0 spiro atoms. The van der Waals surface area contributed by atoms with Crippen molar-refractivity contribution in [1.29, 1.82) is 0 Å². The molecule has 1 N–H and O–H groups in total. The molecule has 1 fully saturated rings. The summed E-state index contributed by atoms with van der Waals surface area (Å²) in [6.45, 7) is 6.82. The van der Waals surface area contributed by atoms with E-state index in [1.165, 1.54) is 25.1 Å². The third-order valence-electron chi connectivity index (χ3n) is 4.10. The summed E-state index contributed by atoms with van der Waals surface area (Å²) in [7, 11) is 4.28. The van der Waals surface area contributed by atoms with E-state index >= 15 is 0 Å². The fraction of sp³-hybridized carbons (Fsp3) is 0.625. The van der Waals surface area contributed by atoms with E-state index in [4.69, 9.17) is 0 Å². The predicted molar refractivity (Wildman–Crippen MR) is 81.3 cm³/mol. The van der Waals surface area contributed by atoms with Gasteiger partial charge in [-0.1, -0.05) is 30.3 Å². The van der Waals surface area contributed by atoms with Crippen molar-refractivity contribution >= 4 is 0 Å². The van der Waals surface area contributed by atoms with Crippen molar-refractivity contribution in [3.8, 4) is 0 Å². The minimum Gasteiger partial charge on any atom is -0.311 e. The van der Waals surface area contributed by atoms with E-state index in [9.17, 15) is 0 Å². The Balaban J connectivity index is 1.71. The van der Waals surface area contributed by atoms with Crippen molar-refractivity contribution in [3.05, 3.63) is 35.9 Å². The van der Waals surface area contributed by atoms with Gasteiger partial charge in [0, 0.05) is 38.3 Å². The van der Waals surface area contributed by atoms with E-state index in [1.54, 1.807) is 0 Å². The lowest BCUT2D eigenvalue weighted by Gasteiger charge is -2.23. The van der Waals surface area contributed by atoms with Crippen molar-refractivity contribution in [2.75, 3.05) is 33.7 Å². The van der Waals surface area contributed by atoms with Crippen molar-refractivity contribution in [1.82, 2.24) is 15.1 Å². The largest absolute Gasteiger partial charge is 0.311 e. The van der Waals surface area contributed by atoms with E-state index in [0.717, 1.165) is 13.1 Å². The Hall–Kier alpha value is -0.900. The summed E-state index contributed by atoms with van der Waals surface area (Å²) in [5.41, 5.74) is 1.42. The molecule has 19 heavy (non-hydrogen) atoms. The number of rotatable bonds is 6. The number of likely N-dealkylation sites (tertiary alicyclic amines) is 1. The number of hydrogen-bond donors (Lipinski definition) is 1. The van der Waals surface area contributed by atoms with Gasteiger partial charge in [-0.25, -0.2) is 0 Å². The average molecular weight is 261 g/mol. The summed E-state index contributed by atoms with van der Waals surface area (Å²) in [5, 5.41) is 3.70. The zero-order valence-corrected chi connectivity index (χ0v) is 12.5. The van der Waals surface area contributed by atoms with Crippen LogP contribution in [0, 0.1) is 0 Å². The van der Waals surface area contributed by atoms with Crippen molar-refractivity contribution in [3.63, 3.8) is 0 Å². The minimum absolute atomic E-state index is 0.600. The van der Waals surface area contributed by atoms with Crippen LogP contribution in [0.5, 0.6) is 0 Å². The first-order valence-corrected chi connectivity index (χ1v) is 7.31. The highest BCUT2D eigenvalue weighted by atomic mass is 15.2. The molecule has 1 aromatic rings. The van der Waals surface area contributed by atoms with Crippen LogP contribution in [-0.4, -0.2) is 55.6 Å². The lowest BCUT2D eigenvalue weighted by molar-refractivity contribution is 0.284. The second kappa shape index (κ2) is 7.04. The molecule has 3 heteroatoms. The molecule has 106 valence electrons. The highest BCUT2D eigenvalue weighted by Gasteiger charge is 2.22. The molecule has 0 amide bonds. The van der Waals surface area contributed by atoms with Crippen LogP contribution in [0.2, 0.25) is 0 Å². The van der Waals surface area contributed by atoms with Crippen LogP contribution >= 0.6 is 0 Å². The molecule has 0 aliphatic carbocycles. The lowest BCUT2D eigenvalue weighted by atomic mass is 10.2. The maximum atomic E-state index is 3.70. The van der Waals surface area contributed by atoms with Gasteiger partial charge in [-0.05, 0) is 33.0 Å². The van der Waals surface area contributed by atoms with E-state index in [0.29, 0.717) is 12.1 Å².